The number of hydrogen-bond donors (Lipinski definition) is 2. The molecule has 0 saturated heterocycles. The number of phenols is 1. The molecule has 0 aliphatic rings. The topological polar surface area (TPSA) is 32.3 Å². The van der Waals surface area contributed by atoms with Crippen molar-refractivity contribution >= 4 is 0 Å². The quantitative estimate of drug-likeness (QED) is 0.514. The van der Waals surface area contributed by atoms with Crippen LogP contribution in [0.25, 0.3) is 0 Å². The van der Waals surface area contributed by atoms with E-state index in [2.05, 4.69) is 5.32 Å². The summed E-state index contributed by atoms with van der Waals surface area (Å²) < 4.78 is 0. The van der Waals surface area contributed by atoms with Gasteiger partial charge in [0.15, 0.2) is 0 Å². The van der Waals surface area contributed by atoms with E-state index in [0.29, 0.717) is 5.75 Å². The van der Waals surface area contributed by atoms with Gasteiger partial charge in [-0.1, -0.05) is 12.1 Å². The molecule has 0 atom stereocenters. The smallest absolute Gasteiger partial charge is 1.00 e. The fourth-order valence-corrected chi connectivity index (χ4v) is 0.981. The Kier molecular flexibility index (Phi) is 5.92. The first-order valence-electron chi connectivity index (χ1n) is 3.75. The third-order valence-corrected chi connectivity index (χ3v) is 1.57. The molecule has 1 aromatic carbocycles. The molecule has 12 heavy (non-hydrogen) atoms. The average Bonchev–Trinajstić information content (AvgIpc) is 2.01. The summed E-state index contributed by atoms with van der Waals surface area (Å²) >= 11 is 0. The van der Waals surface area contributed by atoms with Crippen LogP contribution in [-0.4, -0.2) is 18.7 Å². The molecule has 0 amide bonds. The van der Waals surface area contributed by atoms with Gasteiger partial charge in [-0.25, -0.2) is 0 Å². The van der Waals surface area contributed by atoms with Crippen LogP contribution in [-0.2, 0) is 6.42 Å². The molecule has 0 heterocycles. The molecule has 0 aromatic heterocycles. The van der Waals surface area contributed by atoms with Crippen molar-refractivity contribution in [2.75, 3.05) is 13.6 Å². The van der Waals surface area contributed by atoms with Gasteiger partial charge in [-0.2, -0.15) is 0 Å². The van der Waals surface area contributed by atoms with Crippen LogP contribution in [0.5, 0.6) is 5.75 Å². The van der Waals surface area contributed by atoms with E-state index in [0.717, 1.165) is 13.0 Å². The molecule has 2 nitrogen and oxygen atoms in total. The maximum Gasteiger partial charge on any atom is 1.00 e. The van der Waals surface area contributed by atoms with E-state index in [1.165, 1.54) is 5.56 Å². The summed E-state index contributed by atoms with van der Waals surface area (Å²) in [5, 5.41) is 12.1. The van der Waals surface area contributed by atoms with E-state index in [4.69, 9.17) is 5.11 Å². The SMILES string of the molecule is CNCCc1cccc(O)c1.[H-].[Li+]. The normalized spacial score (nSPS) is 9.08. The molecule has 1 aromatic rings. The molecule has 1 rings (SSSR count). The predicted octanol–water partition coefficient (Wildman–Crippen LogP) is -1.73. The van der Waals surface area contributed by atoms with Gasteiger partial charge in [0.25, 0.3) is 0 Å². The van der Waals surface area contributed by atoms with Gasteiger partial charge in [0.2, 0.25) is 0 Å². The molecule has 0 aliphatic carbocycles. The van der Waals surface area contributed by atoms with Crippen molar-refractivity contribution in [3.8, 4) is 5.75 Å². The van der Waals surface area contributed by atoms with Gasteiger partial charge in [0.1, 0.15) is 5.75 Å². The Bertz CT molecular complexity index is 233. The third-order valence-electron chi connectivity index (χ3n) is 1.57. The Hall–Kier alpha value is -0.423. The zero-order valence-corrected chi connectivity index (χ0v) is 7.67. The van der Waals surface area contributed by atoms with E-state index in [1.807, 2.05) is 19.2 Å². The van der Waals surface area contributed by atoms with Gasteiger partial charge in [0.05, 0.1) is 0 Å². The van der Waals surface area contributed by atoms with Crippen LogP contribution in [0.1, 0.15) is 6.99 Å². The molecule has 2 N–H and O–H groups in total. The Balaban J connectivity index is 0. The monoisotopic (exact) mass is 159 g/mol. The predicted molar refractivity (Wildman–Crippen MR) is 46.8 cm³/mol. The second-order valence-corrected chi connectivity index (χ2v) is 2.52. The van der Waals surface area contributed by atoms with Crippen LogP contribution in [0.4, 0.5) is 0 Å². The van der Waals surface area contributed by atoms with Crippen LogP contribution in [0.15, 0.2) is 24.3 Å². The van der Waals surface area contributed by atoms with E-state index in [9.17, 15) is 0 Å². The average molecular weight is 159 g/mol. The molecule has 0 saturated carbocycles. The van der Waals surface area contributed by atoms with Gasteiger partial charge in [0, 0.05) is 0 Å². The Morgan fingerprint density at radius 1 is 1.50 bits per heavy atom. The Morgan fingerprint density at radius 2 is 2.25 bits per heavy atom. The number of hydrogen-bond acceptors (Lipinski definition) is 2. The Morgan fingerprint density at radius 3 is 2.83 bits per heavy atom. The van der Waals surface area contributed by atoms with Crippen LogP contribution in [0.2, 0.25) is 0 Å². The summed E-state index contributed by atoms with van der Waals surface area (Å²) in [5.41, 5.74) is 1.17. The number of phenolic OH excluding ortho intramolecular Hbond substituents is 1. The summed E-state index contributed by atoms with van der Waals surface area (Å²) in [4.78, 5) is 0. The van der Waals surface area contributed by atoms with Crippen molar-refractivity contribution in [1.82, 2.24) is 5.32 Å². The van der Waals surface area contributed by atoms with Crippen molar-refractivity contribution in [1.29, 1.82) is 0 Å². The maximum atomic E-state index is 9.09. The molecular weight excluding hydrogens is 145 g/mol. The minimum absolute atomic E-state index is 0. The fourth-order valence-electron chi connectivity index (χ4n) is 0.981. The standard InChI is InChI=1S/C9H13NO.Li.H/c1-10-6-5-8-3-2-4-9(11)7-8;;/h2-4,7,10-11H,5-6H2,1H3;;/q;+1;-1. The molecule has 0 aliphatic heterocycles. The van der Waals surface area contributed by atoms with Gasteiger partial charge in [-0.05, 0) is 37.7 Å². The Labute approximate surface area is 86.7 Å². The second kappa shape index (κ2) is 6.13. The van der Waals surface area contributed by atoms with Crippen molar-refractivity contribution in [2.24, 2.45) is 0 Å². The van der Waals surface area contributed by atoms with Crippen LogP contribution < -0.4 is 24.2 Å². The number of aromatic hydroxyl groups is 1. The van der Waals surface area contributed by atoms with Crippen molar-refractivity contribution in [3.05, 3.63) is 29.8 Å². The molecule has 0 spiro atoms. The number of likely N-dealkylation sites (N-methyl/N-ethyl adjacent to an activating group) is 1. The molecule has 0 fully saturated rings. The summed E-state index contributed by atoms with van der Waals surface area (Å²) in [5.74, 6) is 0.346. The van der Waals surface area contributed by atoms with Crippen LogP contribution in [0.3, 0.4) is 0 Å². The second-order valence-electron chi connectivity index (χ2n) is 2.52. The number of nitrogens with one attached hydrogen (secondary N) is 1. The fraction of sp³-hybridized carbons (Fsp3) is 0.333. The molecule has 0 unspecified atom stereocenters. The molecular formula is C9H14LiNO. The summed E-state index contributed by atoms with van der Waals surface area (Å²) in [7, 11) is 1.92. The maximum absolute atomic E-state index is 9.09. The first-order chi connectivity index (χ1) is 5.33. The summed E-state index contributed by atoms with van der Waals surface area (Å²) in [6.45, 7) is 0.948. The third kappa shape index (κ3) is 3.82. The van der Waals surface area contributed by atoms with E-state index < -0.39 is 0 Å². The zero-order chi connectivity index (χ0) is 8.10. The van der Waals surface area contributed by atoms with Crippen LogP contribution in [0, 0.1) is 0 Å². The summed E-state index contributed by atoms with van der Waals surface area (Å²) in [6.07, 6.45) is 0.963. The first kappa shape index (κ1) is 11.6. The van der Waals surface area contributed by atoms with E-state index in [1.54, 1.807) is 12.1 Å². The van der Waals surface area contributed by atoms with Crippen molar-refractivity contribution < 1.29 is 25.4 Å². The largest absolute Gasteiger partial charge is 1.00 e. The molecule has 0 bridgehead atoms. The number of benzene rings is 1. The first-order valence-corrected chi connectivity index (χ1v) is 3.75. The summed E-state index contributed by atoms with van der Waals surface area (Å²) in [6, 6.07) is 7.34. The van der Waals surface area contributed by atoms with E-state index >= 15 is 0 Å². The number of rotatable bonds is 3. The molecule has 62 valence electrons. The zero-order valence-electron chi connectivity index (χ0n) is 8.67. The minimum atomic E-state index is 0. The minimum Gasteiger partial charge on any atom is -1.00 e. The van der Waals surface area contributed by atoms with Crippen LogP contribution >= 0.6 is 0 Å². The molecule has 0 radical (unpaired) electrons. The van der Waals surface area contributed by atoms with Gasteiger partial charge in [-0.3, -0.25) is 0 Å². The molecule has 3 heteroatoms. The van der Waals surface area contributed by atoms with E-state index in [-0.39, 0.29) is 20.3 Å². The van der Waals surface area contributed by atoms with Crippen molar-refractivity contribution in [2.45, 2.75) is 6.42 Å². The van der Waals surface area contributed by atoms with Crippen molar-refractivity contribution in [3.63, 3.8) is 0 Å². The van der Waals surface area contributed by atoms with Gasteiger partial charge < -0.3 is 11.8 Å². The van der Waals surface area contributed by atoms with Gasteiger partial charge >= 0.3 is 18.9 Å². The van der Waals surface area contributed by atoms with Gasteiger partial charge in [-0.15, -0.1) is 0 Å².